The molecule has 1 aromatic rings. The monoisotopic (exact) mass is 223 g/mol. The van der Waals surface area contributed by atoms with Gasteiger partial charge in [-0.1, -0.05) is 31.2 Å². The average molecular weight is 223 g/mol. The van der Waals surface area contributed by atoms with Gasteiger partial charge in [-0.15, -0.1) is 0 Å². The summed E-state index contributed by atoms with van der Waals surface area (Å²) in [5, 5.41) is 17.8. The minimum absolute atomic E-state index is 0.132. The lowest BCUT2D eigenvalue weighted by molar-refractivity contribution is 0.156. The molecule has 0 aromatic heterocycles. The second kappa shape index (κ2) is 7.39. The fraction of sp³-hybridized carbons (Fsp3) is 0.538. The van der Waals surface area contributed by atoms with Gasteiger partial charge < -0.3 is 10.2 Å². The molecule has 90 valence electrons. The summed E-state index contributed by atoms with van der Waals surface area (Å²) < 4.78 is 0. The zero-order chi connectivity index (χ0) is 11.8. The molecule has 0 atom stereocenters. The molecule has 0 aliphatic rings. The number of aliphatic hydroxyl groups is 2. The Labute approximate surface area is 97.3 Å². The van der Waals surface area contributed by atoms with Gasteiger partial charge in [0.15, 0.2) is 0 Å². The number of hydrogen-bond acceptors (Lipinski definition) is 3. The summed E-state index contributed by atoms with van der Waals surface area (Å²) in [6.07, 6.45) is 1.05. The van der Waals surface area contributed by atoms with Crippen LogP contribution in [0.2, 0.25) is 0 Å². The van der Waals surface area contributed by atoms with Gasteiger partial charge in [-0.2, -0.15) is 0 Å². The Morgan fingerprint density at radius 2 is 1.44 bits per heavy atom. The van der Waals surface area contributed by atoms with Crippen molar-refractivity contribution in [3.8, 4) is 0 Å². The van der Waals surface area contributed by atoms with Crippen molar-refractivity contribution >= 4 is 0 Å². The van der Waals surface area contributed by atoms with Gasteiger partial charge >= 0.3 is 0 Å². The molecule has 2 N–H and O–H groups in total. The summed E-state index contributed by atoms with van der Waals surface area (Å²) >= 11 is 0. The van der Waals surface area contributed by atoms with Crippen molar-refractivity contribution in [3.05, 3.63) is 35.4 Å². The van der Waals surface area contributed by atoms with Crippen LogP contribution in [0.15, 0.2) is 24.3 Å². The van der Waals surface area contributed by atoms with Gasteiger partial charge in [0.25, 0.3) is 0 Å². The van der Waals surface area contributed by atoms with Gasteiger partial charge in [0.05, 0.1) is 13.2 Å². The summed E-state index contributed by atoms with van der Waals surface area (Å²) in [5.41, 5.74) is 2.55. The molecule has 0 amide bonds. The van der Waals surface area contributed by atoms with Gasteiger partial charge in [-0.25, -0.2) is 0 Å². The molecule has 0 heterocycles. The van der Waals surface area contributed by atoms with Crippen molar-refractivity contribution in [3.63, 3.8) is 0 Å². The van der Waals surface area contributed by atoms with E-state index in [0.717, 1.165) is 13.0 Å². The first kappa shape index (κ1) is 13.2. The molecular formula is C13H21NO2. The zero-order valence-corrected chi connectivity index (χ0v) is 9.89. The number of aliphatic hydroxyl groups excluding tert-OH is 2. The van der Waals surface area contributed by atoms with Crippen LogP contribution in [0.3, 0.4) is 0 Å². The quantitative estimate of drug-likeness (QED) is 0.726. The van der Waals surface area contributed by atoms with E-state index >= 15 is 0 Å². The maximum absolute atomic E-state index is 8.90. The van der Waals surface area contributed by atoms with Crippen LogP contribution in [0.25, 0.3) is 0 Å². The maximum atomic E-state index is 8.90. The predicted molar refractivity (Wildman–Crippen MR) is 65.3 cm³/mol. The van der Waals surface area contributed by atoms with Crippen molar-refractivity contribution < 1.29 is 10.2 Å². The third-order valence-corrected chi connectivity index (χ3v) is 2.67. The molecule has 1 rings (SSSR count). The number of hydrogen-bond donors (Lipinski definition) is 2. The molecule has 3 heteroatoms. The molecule has 0 aliphatic carbocycles. The second-order valence-electron chi connectivity index (χ2n) is 3.89. The summed E-state index contributed by atoms with van der Waals surface area (Å²) in [6, 6.07) is 8.48. The van der Waals surface area contributed by atoms with Gasteiger partial charge in [0, 0.05) is 19.6 Å². The predicted octanol–water partition coefficient (Wildman–Crippen LogP) is 1.04. The molecule has 0 aliphatic heterocycles. The van der Waals surface area contributed by atoms with E-state index in [9.17, 15) is 0 Å². The van der Waals surface area contributed by atoms with E-state index in [1.807, 2.05) is 4.90 Å². The molecule has 0 unspecified atom stereocenters. The normalized spacial score (nSPS) is 11.0. The van der Waals surface area contributed by atoms with E-state index in [1.165, 1.54) is 11.1 Å². The molecular weight excluding hydrogens is 202 g/mol. The van der Waals surface area contributed by atoms with Gasteiger partial charge in [0.1, 0.15) is 0 Å². The van der Waals surface area contributed by atoms with Crippen molar-refractivity contribution in [2.45, 2.75) is 19.9 Å². The molecule has 16 heavy (non-hydrogen) atoms. The Hall–Kier alpha value is -0.900. The first-order chi connectivity index (χ1) is 7.80. The van der Waals surface area contributed by atoms with E-state index in [1.54, 1.807) is 0 Å². The van der Waals surface area contributed by atoms with Crippen LogP contribution in [0.5, 0.6) is 0 Å². The minimum atomic E-state index is 0.132. The van der Waals surface area contributed by atoms with Crippen molar-refractivity contribution in [1.82, 2.24) is 4.90 Å². The summed E-state index contributed by atoms with van der Waals surface area (Å²) in [5.74, 6) is 0. The first-order valence-electron chi connectivity index (χ1n) is 5.82. The Balaban J connectivity index is 2.54. The van der Waals surface area contributed by atoms with Gasteiger partial charge in [0.2, 0.25) is 0 Å². The van der Waals surface area contributed by atoms with E-state index in [4.69, 9.17) is 10.2 Å². The highest BCUT2D eigenvalue weighted by atomic mass is 16.3. The van der Waals surface area contributed by atoms with E-state index in [2.05, 4.69) is 31.2 Å². The smallest absolute Gasteiger partial charge is 0.0558 e. The summed E-state index contributed by atoms with van der Waals surface area (Å²) in [7, 11) is 0. The molecule has 1 aromatic carbocycles. The number of aryl methyl sites for hydroxylation is 1. The number of nitrogens with zero attached hydrogens (tertiary/aromatic N) is 1. The average Bonchev–Trinajstić information content (AvgIpc) is 2.31. The molecule has 0 bridgehead atoms. The zero-order valence-electron chi connectivity index (χ0n) is 9.89. The maximum Gasteiger partial charge on any atom is 0.0558 e. The third kappa shape index (κ3) is 4.31. The molecule has 0 saturated heterocycles. The van der Waals surface area contributed by atoms with E-state index in [-0.39, 0.29) is 13.2 Å². The van der Waals surface area contributed by atoms with Crippen molar-refractivity contribution in [1.29, 1.82) is 0 Å². The van der Waals surface area contributed by atoms with Gasteiger partial charge in [-0.05, 0) is 17.5 Å². The van der Waals surface area contributed by atoms with Crippen molar-refractivity contribution in [2.24, 2.45) is 0 Å². The minimum Gasteiger partial charge on any atom is -0.395 e. The fourth-order valence-corrected chi connectivity index (χ4v) is 1.69. The molecule has 0 fully saturated rings. The highest BCUT2D eigenvalue weighted by molar-refractivity contribution is 5.22. The van der Waals surface area contributed by atoms with E-state index < -0.39 is 0 Å². The molecule has 0 saturated carbocycles. The van der Waals surface area contributed by atoms with Crippen LogP contribution in [0, 0.1) is 0 Å². The number of rotatable bonds is 7. The second-order valence-corrected chi connectivity index (χ2v) is 3.89. The Morgan fingerprint density at radius 1 is 0.938 bits per heavy atom. The Bertz CT molecular complexity index is 278. The van der Waals surface area contributed by atoms with Crippen LogP contribution in [-0.4, -0.2) is 41.4 Å². The van der Waals surface area contributed by atoms with Crippen LogP contribution >= 0.6 is 0 Å². The van der Waals surface area contributed by atoms with E-state index in [0.29, 0.717) is 13.1 Å². The highest BCUT2D eigenvalue weighted by Gasteiger charge is 2.04. The lowest BCUT2D eigenvalue weighted by atomic mass is 10.1. The lowest BCUT2D eigenvalue weighted by Gasteiger charge is -2.20. The summed E-state index contributed by atoms with van der Waals surface area (Å²) in [6.45, 7) is 4.40. The Kier molecular flexibility index (Phi) is 6.08. The van der Waals surface area contributed by atoms with Crippen molar-refractivity contribution in [2.75, 3.05) is 26.3 Å². The van der Waals surface area contributed by atoms with Gasteiger partial charge in [-0.3, -0.25) is 4.90 Å². The molecule has 0 radical (unpaired) electrons. The topological polar surface area (TPSA) is 43.7 Å². The lowest BCUT2D eigenvalue weighted by Crippen LogP contribution is -2.29. The fourth-order valence-electron chi connectivity index (χ4n) is 1.69. The largest absolute Gasteiger partial charge is 0.395 e. The molecule has 3 nitrogen and oxygen atoms in total. The number of benzene rings is 1. The van der Waals surface area contributed by atoms with Crippen LogP contribution in [-0.2, 0) is 13.0 Å². The van der Waals surface area contributed by atoms with Crippen LogP contribution < -0.4 is 0 Å². The standard InChI is InChI=1S/C13H21NO2/c1-2-12-3-5-13(6-4-12)11-14(7-9-15)8-10-16/h3-6,15-16H,2,7-11H2,1H3. The SMILES string of the molecule is CCc1ccc(CN(CCO)CCO)cc1. The van der Waals surface area contributed by atoms with Crippen LogP contribution in [0.1, 0.15) is 18.1 Å². The third-order valence-electron chi connectivity index (χ3n) is 2.67. The molecule has 0 spiro atoms. The summed E-state index contributed by atoms with van der Waals surface area (Å²) in [4.78, 5) is 2.04. The highest BCUT2D eigenvalue weighted by Crippen LogP contribution is 2.07. The first-order valence-corrected chi connectivity index (χ1v) is 5.82. The van der Waals surface area contributed by atoms with Crippen LogP contribution in [0.4, 0.5) is 0 Å². The Morgan fingerprint density at radius 3 is 1.88 bits per heavy atom.